The maximum absolute atomic E-state index is 4.10. The molecule has 0 aliphatic carbocycles. The second kappa shape index (κ2) is 6.09. The average Bonchev–Trinajstić information content (AvgIpc) is 3.00. The van der Waals surface area contributed by atoms with Gasteiger partial charge >= 0.3 is 0 Å². The van der Waals surface area contributed by atoms with E-state index in [0.717, 1.165) is 12.8 Å². The number of nitrogens with zero attached hydrogens (tertiary/aromatic N) is 1. The summed E-state index contributed by atoms with van der Waals surface area (Å²) in [5.74, 6) is 0. The second-order valence-electron chi connectivity index (χ2n) is 5.75. The Bertz CT molecular complexity index is 908. The highest BCUT2D eigenvalue weighted by molar-refractivity contribution is 5.90. The molecule has 2 aromatic carbocycles. The lowest BCUT2D eigenvalue weighted by molar-refractivity contribution is 0.965. The summed E-state index contributed by atoms with van der Waals surface area (Å²) in [5.41, 5.74) is 6.40. The Labute approximate surface area is 135 Å². The zero-order chi connectivity index (χ0) is 15.5. The molecule has 0 radical (unpaired) electrons. The maximum atomic E-state index is 4.10. The molecule has 1 N–H and O–H groups in total. The number of nitrogens with one attached hydrogen (secondary N) is 1. The van der Waals surface area contributed by atoms with Gasteiger partial charge in [-0.2, -0.15) is 0 Å². The lowest BCUT2D eigenvalue weighted by atomic mass is 9.99. The molecule has 23 heavy (non-hydrogen) atoms. The summed E-state index contributed by atoms with van der Waals surface area (Å²) in [6.07, 6.45) is 5.76. The molecule has 0 fully saturated rings. The molecule has 0 bridgehead atoms. The minimum atomic E-state index is 1.01. The molecule has 112 valence electrons. The van der Waals surface area contributed by atoms with E-state index in [4.69, 9.17) is 0 Å². The minimum Gasteiger partial charge on any atom is -0.354 e. The molecule has 0 amide bonds. The lowest BCUT2D eigenvalue weighted by Gasteiger charge is -2.06. The lowest BCUT2D eigenvalue weighted by Crippen LogP contribution is -1.93. The summed E-state index contributed by atoms with van der Waals surface area (Å²) < 4.78 is 0. The number of hydrogen-bond acceptors (Lipinski definition) is 1. The summed E-state index contributed by atoms with van der Waals surface area (Å²) in [4.78, 5) is 7.70. The number of aromatic amines is 1. The molecule has 0 saturated carbocycles. The first-order valence-corrected chi connectivity index (χ1v) is 7.96. The number of benzene rings is 2. The summed E-state index contributed by atoms with van der Waals surface area (Å²) in [6, 6.07) is 23.3. The molecule has 0 aliphatic rings. The SMILES string of the molecule is c1ccc(-c2[nH]c3ccccc3c2CCc2ccncc2)cc1. The third kappa shape index (κ3) is 2.76. The third-order valence-electron chi connectivity index (χ3n) is 4.29. The number of aromatic nitrogens is 2. The fourth-order valence-corrected chi connectivity index (χ4v) is 3.13. The van der Waals surface area contributed by atoms with Crippen LogP contribution in [0.15, 0.2) is 79.1 Å². The van der Waals surface area contributed by atoms with Gasteiger partial charge in [0.15, 0.2) is 0 Å². The molecule has 0 atom stereocenters. The molecule has 0 aliphatic heterocycles. The van der Waals surface area contributed by atoms with Crippen molar-refractivity contribution in [1.29, 1.82) is 0 Å². The highest BCUT2D eigenvalue weighted by Gasteiger charge is 2.12. The van der Waals surface area contributed by atoms with E-state index in [-0.39, 0.29) is 0 Å². The van der Waals surface area contributed by atoms with Crippen molar-refractivity contribution >= 4 is 10.9 Å². The predicted molar refractivity (Wildman–Crippen MR) is 95.4 cm³/mol. The smallest absolute Gasteiger partial charge is 0.0497 e. The van der Waals surface area contributed by atoms with Crippen LogP contribution in [0.25, 0.3) is 22.2 Å². The van der Waals surface area contributed by atoms with E-state index < -0.39 is 0 Å². The first kappa shape index (κ1) is 13.8. The third-order valence-corrected chi connectivity index (χ3v) is 4.29. The molecule has 2 nitrogen and oxygen atoms in total. The molecule has 0 unspecified atom stereocenters. The van der Waals surface area contributed by atoms with Crippen LogP contribution in [0.1, 0.15) is 11.1 Å². The van der Waals surface area contributed by atoms with Crippen molar-refractivity contribution < 1.29 is 0 Å². The monoisotopic (exact) mass is 298 g/mol. The Kier molecular flexibility index (Phi) is 3.65. The van der Waals surface area contributed by atoms with Crippen molar-refractivity contribution in [3.05, 3.63) is 90.3 Å². The molecule has 2 heteroatoms. The first-order valence-electron chi connectivity index (χ1n) is 7.96. The number of H-pyrrole nitrogens is 1. The Balaban J connectivity index is 1.77. The fraction of sp³-hybridized carbons (Fsp3) is 0.0952. The second-order valence-corrected chi connectivity index (χ2v) is 5.75. The van der Waals surface area contributed by atoms with Gasteiger partial charge in [-0.3, -0.25) is 4.98 Å². The van der Waals surface area contributed by atoms with Crippen LogP contribution in [-0.4, -0.2) is 9.97 Å². The van der Waals surface area contributed by atoms with Gasteiger partial charge in [-0.05, 0) is 47.7 Å². The first-order chi connectivity index (χ1) is 11.4. The van der Waals surface area contributed by atoms with Crippen molar-refractivity contribution in [3.63, 3.8) is 0 Å². The standard InChI is InChI=1S/C21H18N2/c1-2-6-17(7-3-1)21-19(11-10-16-12-14-22-15-13-16)18-8-4-5-9-20(18)23-21/h1-9,12-15,23H,10-11H2. The van der Waals surface area contributed by atoms with Gasteiger partial charge in [0.25, 0.3) is 0 Å². The van der Waals surface area contributed by atoms with Crippen LogP contribution < -0.4 is 0 Å². The molecule has 0 spiro atoms. The van der Waals surface area contributed by atoms with Crippen LogP contribution in [0.5, 0.6) is 0 Å². The van der Waals surface area contributed by atoms with Crippen molar-refractivity contribution in [2.24, 2.45) is 0 Å². The van der Waals surface area contributed by atoms with E-state index in [1.807, 2.05) is 12.4 Å². The van der Waals surface area contributed by atoms with Crippen molar-refractivity contribution in [3.8, 4) is 11.3 Å². The topological polar surface area (TPSA) is 28.7 Å². The van der Waals surface area contributed by atoms with Crippen LogP contribution in [0.3, 0.4) is 0 Å². The quantitative estimate of drug-likeness (QED) is 0.563. The Hall–Kier alpha value is -2.87. The number of pyridine rings is 1. The van der Waals surface area contributed by atoms with Crippen LogP contribution in [-0.2, 0) is 12.8 Å². The van der Waals surface area contributed by atoms with Crippen LogP contribution in [0, 0.1) is 0 Å². The Morgan fingerprint density at radius 2 is 1.48 bits per heavy atom. The number of fused-ring (bicyclic) bond motifs is 1. The minimum absolute atomic E-state index is 1.01. The predicted octanol–water partition coefficient (Wildman–Crippen LogP) is 5.02. The molecule has 4 rings (SSSR count). The van der Waals surface area contributed by atoms with E-state index in [2.05, 4.69) is 76.7 Å². The zero-order valence-electron chi connectivity index (χ0n) is 12.9. The summed E-state index contributed by atoms with van der Waals surface area (Å²) in [5, 5.41) is 1.32. The highest BCUT2D eigenvalue weighted by Crippen LogP contribution is 2.31. The van der Waals surface area contributed by atoms with Gasteiger partial charge in [0.05, 0.1) is 0 Å². The van der Waals surface area contributed by atoms with E-state index in [9.17, 15) is 0 Å². The molecular weight excluding hydrogens is 280 g/mol. The van der Waals surface area contributed by atoms with Gasteiger partial charge in [-0.15, -0.1) is 0 Å². The van der Waals surface area contributed by atoms with E-state index in [1.54, 1.807) is 0 Å². The van der Waals surface area contributed by atoms with Crippen molar-refractivity contribution in [2.45, 2.75) is 12.8 Å². The van der Waals surface area contributed by atoms with Gasteiger partial charge < -0.3 is 4.98 Å². The fourth-order valence-electron chi connectivity index (χ4n) is 3.13. The molecular formula is C21H18N2. The van der Waals surface area contributed by atoms with Crippen LogP contribution >= 0.6 is 0 Å². The summed E-state index contributed by atoms with van der Waals surface area (Å²) in [7, 11) is 0. The number of rotatable bonds is 4. The average molecular weight is 298 g/mol. The summed E-state index contributed by atoms with van der Waals surface area (Å²) in [6.45, 7) is 0. The molecule has 2 heterocycles. The van der Waals surface area contributed by atoms with Gasteiger partial charge in [0, 0.05) is 29.0 Å². The zero-order valence-corrected chi connectivity index (χ0v) is 12.9. The Morgan fingerprint density at radius 3 is 2.30 bits per heavy atom. The summed E-state index contributed by atoms with van der Waals surface area (Å²) >= 11 is 0. The maximum Gasteiger partial charge on any atom is 0.0497 e. The largest absolute Gasteiger partial charge is 0.354 e. The van der Waals surface area contributed by atoms with Gasteiger partial charge in [-0.25, -0.2) is 0 Å². The highest BCUT2D eigenvalue weighted by atomic mass is 14.7. The van der Waals surface area contributed by atoms with Crippen molar-refractivity contribution in [2.75, 3.05) is 0 Å². The molecule has 2 aromatic heterocycles. The number of para-hydroxylation sites is 1. The van der Waals surface area contributed by atoms with E-state index >= 15 is 0 Å². The Morgan fingerprint density at radius 1 is 0.739 bits per heavy atom. The van der Waals surface area contributed by atoms with Gasteiger partial charge in [0.1, 0.15) is 0 Å². The molecule has 0 saturated heterocycles. The van der Waals surface area contributed by atoms with E-state index in [1.165, 1.54) is 33.3 Å². The van der Waals surface area contributed by atoms with Crippen LogP contribution in [0.2, 0.25) is 0 Å². The normalized spacial score (nSPS) is 11.0. The van der Waals surface area contributed by atoms with E-state index in [0.29, 0.717) is 0 Å². The van der Waals surface area contributed by atoms with Gasteiger partial charge in [0.2, 0.25) is 0 Å². The van der Waals surface area contributed by atoms with Crippen molar-refractivity contribution in [1.82, 2.24) is 9.97 Å². The number of hydrogen-bond donors (Lipinski definition) is 1. The van der Waals surface area contributed by atoms with Gasteiger partial charge in [-0.1, -0.05) is 48.5 Å². The van der Waals surface area contributed by atoms with Crippen LogP contribution in [0.4, 0.5) is 0 Å². The molecule has 4 aromatic rings. The number of aryl methyl sites for hydroxylation is 2.